The van der Waals surface area contributed by atoms with Crippen LogP contribution in [0.25, 0.3) is 0 Å². The minimum atomic E-state index is 0.640. The number of nitrogens with zero attached hydrogens (tertiary/aromatic N) is 2. The van der Waals surface area contributed by atoms with E-state index in [1.54, 1.807) is 0 Å². The predicted molar refractivity (Wildman–Crippen MR) is 78.8 cm³/mol. The summed E-state index contributed by atoms with van der Waals surface area (Å²) in [5.74, 6) is 0.920. The van der Waals surface area contributed by atoms with E-state index in [0.29, 0.717) is 6.61 Å². The molecule has 0 radical (unpaired) electrons. The monoisotopic (exact) mass is 271 g/mol. The Kier molecular flexibility index (Phi) is 4.02. The van der Waals surface area contributed by atoms with Gasteiger partial charge in [-0.25, -0.2) is 0 Å². The summed E-state index contributed by atoms with van der Waals surface area (Å²) >= 11 is 0. The molecule has 3 rings (SSSR count). The summed E-state index contributed by atoms with van der Waals surface area (Å²) < 4.78 is 7.64. The zero-order chi connectivity index (χ0) is 13.8. The Labute approximate surface area is 119 Å². The Hall–Kier alpha value is -1.81. The fourth-order valence-electron chi connectivity index (χ4n) is 2.10. The van der Waals surface area contributed by atoms with Crippen LogP contribution in [0.2, 0.25) is 0 Å². The second-order valence-electron chi connectivity index (χ2n) is 5.37. The Balaban J connectivity index is 1.42. The number of hydrogen-bond donors (Lipinski definition) is 1. The zero-order valence-electron chi connectivity index (χ0n) is 11.9. The Morgan fingerprint density at radius 1 is 1.25 bits per heavy atom. The van der Waals surface area contributed by atoms with Crippen molar-refractivity contribution in [1.82, 2.24) is 15.1 Å². The van der Waals surface area contributed by atoms with E-state index >= 15 is 0 Å². The van der Waals surface area contributed by atoms with Gasteiger partial charge in [-0.1, -0.05) is 12.1 Å². The average molecular weight is 271 g/mol. The van der Waals surface area contributed by atoms with Crippen LogP contribution in [0.1, 0.15) is 24.1 Å². The van der Waals surface area contributed by atoms with Crippen molar-refractivity contribution in [3.05, 3.63) is 47.8 Å². The van der Waals surface area contributed by atoms with Crippen LogP contribution in [-0.2, 0) is 13.1 Å². The highest BCUT2D eigenvalue weighted by Crippen LogP contribution is 2.19. The summed E-state index contributed by atoms with van der Waals surface area (Å²) in [7, 11) is 0. The average Bonchev–Trinajstić information content (AvgIpc) is 3.20. The van der Waals surface area contributed by atoms with E-state index in [4.69, 9.17) is 4.74 Å². The Morgan fingerprint density at radius 2 is 2.05 bits per heavy atom. The van der Waals surface area contributed by atoms with Crippen LogP contribution < -0.4 is 10.1 Å². The lowest BCUT2D eigenvalue weighted by molar-refractivity contribution is 0.291. The molecule has 1 aromatic carbocycles. The van der Waals surface area contributed by atoms with E-state index < -0.39 is 0 Å². The second kappa shape index (κ2) is 6.09. The van der Waals surface area contributed by atoms with Crippen LogP contribution in [0.3, 0.4) is 0 Å². The smallest absolute Gasteiger partial charge is 0.119 e. The summed E-state index contributed by atoms with van der Waals surface area (Å²) in [6.45, 7) is 4.36. The molecule has 1 aliphatic rings. The molecule has 4 heteroatoms. The standard InChI is InChI=1S/C16H21N3O/c1-13-8-9-19(18-13)10-11-20-16-6-2-14(3-7-16)12-17-15-4-5-15/h2-3,6-9,15,17H,4-5,10-12H2,1H3. The molecule has 1 fully saturated rings. The third kappa shape index (κ3) is 3.84. The quantitative estimate of drug-likeness (QED) is 0.841. The van der Waals surface area contributed by atoms with Gasteiger partial charge >= 0.3 is 0 Å². The summed E-state index contributed by atoms with van der Waals surface area (Å²) in [5.41, 5.74) is 2.35. The molecule has 0 aliphatic heterocycles. The fourth-order valence-corrected chi connectivity index (χ4v) is 2.10. The summed E-state index contributed by atoms with van der Waals surface area (Å²) in [6, 6.07) is 11.1. The molecular formula is C16H21N3O. The minimum Gasteiger partial charge on any atom is -0.492 e. The molecule has 0 atom stereocenters. The molecule has 0 spiro atoms. The normalized spacial score (nSPS) is 14.4. The van der Waals surface area contributed by atoms with Gasteiger partial charge in [-0.2, -0.15) is 5.10 Å². The second-order valence-corrected chi connectivity index (χ2v) is 5.37. The lowest BCUT2D eigenvalue weighted by Crippen LogP contribution is -2.15. The van der Waals surface area contributed by atoms with Crippen LogP contribution >= 0.6 is 0 Å². The van der Waals surface area contributed by atoms with Gasteiger partial charge in [-0.15, -0.1) is 0 Å². The maximum absolute atomic E-state index is 5.73. The van der Waals surface area contributed by atoms with Gasteiger partial charge in [0, 0.05) is 18.8 Å². The third-order valence-corrected chi connectivity index (χ3v) is 3.46. The molecular weight excluding hydrogens is 250 g/mol. The number of hydrogen-bond acceptors (Lipinski definition) is 3. The molecule has 1 saturated carbocycles. The summed E-state index contributed by atoms with van der Waals surface area (Å²) in [5, 5.41) is 7.84. The van der Waals surface area contributed by atoms with Crippen molar-refractivity contribution < 1.29 is 4.74 Å². The number of rotatable bonds is 7. The third-order valence-electron chi connectivity index (χ3n) is 3.46. The maximum atomic E-state index is 5.73. The molecule has 0 saturated heterocycles. The first-order valence-corrected chi connectivity index (χ1v) is 7.25. The van der Waals surface area contributed by atoms with Crippen LogP contribution in [0.5, 0.6) is 5.75 Å². The topological polar surface area (TPSA) is 39.1 Å². The number of ether oxygens (including phenoxy) is 1. The first kappa shape index (κ1) is 13.2. The number of aromatic nitrogens is 2. The first-order chi connectivity index (χ1) is 9.79. The van der Waals surface area contributed by atoms with Crippen molar-refractivity contribution in [2.24, 2.45) is 0 Å². The van der Waals surface area contributed by atoms with E-state index in [1.165, 1.54) is 18.4 Å². The maximum Gasteiger partial charge on any atom is 0.119 e. The predicted octanol–water partition coefficient (Wildman–Crippen LogP) is 2.52. The van der Waals surface area contributed by atoms with Crippen molar-refractivity contribution in [3.8, 4) is 5.75 Å². The van der Waals surface area contributed by atoms with Crippen LogP contribution in [0.4, 0.5) is 0 Å². The molecule has 1 N–H and O–H groups in total. The molecule has 0 unspecified atom stereocenters. The highest BCUT2D eigenvalue weighted by molar-refractivity contribution is 5.27. The molecule has 106 valence electrons. The van der Waals surface area contributed by atoms with Crippen molar-refractivity contribution in [3.63, 3.8) is 0 Å². The number of benzene rings is 1. The molecule has 0 bridgehead atoms. The number of nitrogens with one attached hydrogen (secondary N) is 1. The Bertz CT molecular complexity index is 543. The molecule has 2 aromatic rings. The van der Waals surface area contributed by atoms with E-state index in [0.717, 1.165) is 30.6 Å². The van der Waals surface area contributed by atoms with Crippen molar-refractivity contribution in [2.45, 2.75) is 38.9 Å². The molecule has 20 heavy (non-hydrogen) atoms. The van der Waals surface area contributed by atoms with Crippen LogP contribution in [0.15, 0.2) is 36.5 Å². The first-order valence-electron chi connectivity index (χ1n) is 7.25. The zero-order valence-corrected chi connectivity index (χ0v) is 11.9. The van der Waals surface area contributed by atoms with Gasteiger partial charge in [0.25, 0.3) is 0 Å². The van der Waals surface area contributed by atoms with E-state index in [2.05, 4.69) is 22.5 Å². The fraction of sp³-hybridized carbons (Fsp3) is 0.438. The van der Waals surface area contributed by atoms with Gasteiger partial charge in [0.2, 0.25) is 0 Å². The van der Waals surface area contributed by atoms with Crippen LogP contribution in [0, 0.1) is 6.92 Å². The largest absolute Gasteiger partial charge is 0.492 e. The van der Waals surface area contributed by atoms with Crippen molar-refractivity contribution in [2.75, 3.05) is 6.61 Å². The van der Waals surface area contributed by atoms with Gasteiger partial charge < -0.3 is 10.1 Å². The minimum absolute atomic E-state index is 0.640. The van der Waals surface area contributed by atoms with Gasteiger partial charge in [-0.05, 0) is 43.5 Å². The molecule has 1 heterocycles. The van der Waals surface area contributed by atoms with E-state index in [1.807, 2.05) is 36.0 Å². The molecule has 4 nitrogen and oxygen atoms in total. The lowest BCUT2D eigenvalue weighted by atomic mass is 10.2. The summed E-state index contributed by atoms with van der Waals surface area (Å²) in [4.78, 5) is 0. The number of aryl methyl sites for hydroxylation is 1. The van der Waals surface area contributed by atoms with E-state index in [-0.39, 0.29) is 0 Å². The molecule has 1 aromatic heterocycles. The van der Waals surface area contributed by atoms with Gasteiger partial charge in [0.15, 0.2) is 0 Å². The van der Waals surface area contributed by atoms with Gasteiger partial charge in [0.05, 0.1) is 12.2 Å². The van der Waals surface area contributed by atoms with Crippen LogP contribution in [-0.4, -0.2) is 22.4 Å². The van der Waals surface area contributed by atoms with Gasteiger partial charge in [-0.3, -0.25) is 4.68 Å². The van der Waals surface area contributed by atoms with Gasteiger partial charge in [0.1, 0.15) is 12.4 Å². The van der Waals surface area contributed by atoms with Crippen molar-refractivity contribution >= 4 is 0 Å². The molecule has 0 amide bonds. The van der Waals surface area contributed by atoms with E-state index in [9.17, 15) is 0 Å². The molecule has 1 aliphatic carbocycles. The SMILES string of the molecule is Cc1ccn(CCOc2ccc(CNC3CC3)cc2)n1. The lowest BCUT2D eigenvalue weighted by Gasteiger charge is -2.08. The highest BCUT2D eigenvalue weighted by Gasteiger charge is 2.19. The summed E-state index contributed by atoms with van der Waals surface area (Å²) in [6.07, 6.45) is 4.63. The Morgan fingerprint density at radius 3 is 2.70 bits per heavy atom. The highest BCUT2D eigenvalue weighted by atomic mass is 16.5. The van der Waals surface area contributed by atoms with Crippen molar-refractivity contribution in [1.29, 1.82) is 0 Å².